The molecule has 3 rings (SSSR count). The van der Waals surface area contributed by atoms with Crippen LogP contribution in [-0.2, 0) is 9.59 Å². The molecule has 160 valence electrons. The Labute approximate surface area is 185 Å². The molecular weight excluding hydrogens is 421 g/mol. The topological polar surface area (TPSA) is 69.7 Å². The first-order valence-corrected chi connectivity index (χ1v) is 9.99. The van der Waals surface area contributed by atoms with Gasteiger partial charge in [0.1, 0.15) is 17.6 Å². The average molecular weight is 442 g/mol. The standard InChI is InChI=1S/C23H21ClFN3O3/c1-23(10-13-29)21(30)26-11-12-28(23)22(31)27(2)20-18(24)14-17(15-19(20)25)9-8-16-6-4-3-5-7-16/h3-7,13-15H,10-12H2,1-2H3,(H,26,30). The van der Waals surface area contributed by atoms with Crippen molar-refractivity contribution in [1.82, 2.24) is 10.2 Å². The van der Waals surface area contributed by atoms with Crippen molar-refractivity contribution in [2.75, 3.05) is 25.0 Å². The SMILES string of the molecule is CN(C(=O)N1CCNC(=O)C1(C)CC=O)c1c(F)cc(C#Cc2ccccc2)cc1Cl. The van der Waals surface area contributed by atoms with E-state index >= 15 is 0 Å². The second-order valence-corrected chi connectivity index (χ2v) is 7.71. The molecule has 2 aromatic carbocycles. The van der Waals surface area contributed by atoms with Gasteiger partial charge in [0.2, 0.25) is 5.91 Å². The molecular formula is C23H21ClFN3O3. The second-order valence-electron chi connectivity index (χ2n) is 7.30. The Balaban J connectivity index is 1.90. The largest absolute Gasteiger partial charge is 0.352 e. The zero-order chi connectivity index (χ0) is 22.6. The van der Waals surface area contributed by atoms with Gasteiger partial charge in [-0.2, -0.15) is 0 Å². The number of aldehydes is 1. The van der Waals surface area contributed by atoms with Crippen molar-refractivity contribution in [3.05, 3.63) is 64.4 Å². The van der Waals surface area contributed by atoms with Crippen LogP contribution in [0, 0.1) is 17.7 Å². The quantitative estimate of drug-likeness (QED) is 0.587. The van der Waals surface area contributed by atoms with Gasteiger partial charge in [0.05, 0.1) is 10.7 Å². The minimum absolute atomic E-state index is 0.00626. The highest BCUT2D eigenvalue weighted by Crippen LogP contribution is 2.32. The van der Waals surface area contributed by atoms with Gasteiger partial charge in [0.15, 0.2) is 0 Å². The number of benzene rings is 2. The minimum Gasteiger partial charge on any atom is -0.352 e. The van der Waals surface area contributed by atoms with Gasteiger partial charge in [-0.05, 0) is 31.2 Å². The van der Waals surface area contributed by atoms with Gasteiger partial charge in [0, 0.05) is 37.7 Å². The number of nitrogens with one attached hydrogen (secondary N) is 1. The van der Waals surface area contributed by atoms with Crippen molar-refractivity contribution in [3.8, 4) is 11.8 Å². The van der Waals surface area contributed by atoms with Gasteiger partial charge in [0.25, 0.3) is 0 Å². The molecule has 1 heterocycles. The van der Waals surface area contributed by atoms with Gasteiger partial charge < -0.3 is 15.0 Å². The molecule has 0 aliphatic carbocycles. The fourth-order valence-electron chi connectivity index (χ4n) is 3.41. The Morgan fingerprint density at radius 3 is 2.61 bits per heavy atom. The molecule has 1 N–H and O–H groups in total. The van der Waals surface area contributed by atoms with E-state index in [0.29, 0.717) is 11.8 Å². The second kappa shape index (κ2) is 9.19. The number of piperazine rings is 1. The summed E-state index contributed by atoms with van der Waals surface area (Å²) in [5.41, 5.74) is -0.362. The summed E-state index contributed by atoms with van der Waals surface area (Å²) in [4.78, 5) is 38.9. The van der Waals surface area contributed by atoms with Crippen LogP contribution >= 0.6 is 11.6 Å². The predicted octanol–water partition coefficient (Wildman–Crippen LogP) is 3.21. The van der Waals surface area contributed by atoms with E-state index in [1.165, 1.54) is 31.0 Å². The maximum absolute atomic E-state index is 14.9. The van der Waals surface area contributed by atoms with Crippen LogP contribution in [-0.4, -0.2) is 48.8 Å². The van der Waals surface area contributed by atoms with E-state index in [1.54, 1.807) is 0 Å². The molecule has 1 fully saturated rings. The van der Waals surface area contributed by atoms with Crippen molar-refractivity contribution in [2.24, 2.45) is 0 Å². The number of halogens is 2. The molecule has 0 spiro atoms. The summed E-state index contributed by atoms with van der Waals surface area (Å²) in [7, 11) is 1.37. The molecule has 1 atom stereocenters. The number of rotatable bonds is 3. The predicted molar refractivity (Wildman–Crippen MR) is 116 cm³/mol. The van der Waals surface area contributed by atoms with Gasteiger partial charge in [-0.15, -0.1) is 0 Å². The van der Waals surface area contributed by atoms with Crippen molar-refractivity contribution >= 4 is 35.5 Å². The summed E-state index contributed by atoms with van der Waals surface area (Å²) in [6.07, 6.45) is 0.404. The molecule has 0 saturated carbocycles. The summed E-state index contributed by atoms with van der Waals surface area (Å²) < 4.78 is 14.9. The lowest BCUT2D eigenvalue weighted by Gasteiger charge is -2.44. The van der Waals surface area contributed by atoms with E-state index in [9.17, 15) is 18.8 Å². The van der Waals surface area contributed by atoms with E-state index < -0.39 is 23.3 Å². The first kappa shape index (κ1) is 22.3. The maximum Gasteiger partial charge on any atom is 0.325 e. The molecule has 0 bridgehead atoms. The smallest absolute Gasteiger partial charge is 0.325 e. The third-order valence-electron chi connectivity index (χ3n) is 5.18. The molecule has 3 amide bonds. The lowest BCUT2D eigenvalue weighted by atomic mass is 9.93. The van der Waals surface area contributed by atoms with E-state index in [2.05, 4.69) is 17.2 Å². The number of carbonyl (C=O) groups is 3. The van der Waals surface area contributed by atoms with E-state index in [-0.39, 0.29) is 30.2 Å². The maximum atomic E-state index is 14.9. The minimum atomic E-state index is -1.37. The van der Waals surface area contributed by atoms with Crippen LogP contribution in [0.1, 0.15) is 24.5 Å². The van der Waals surface area contributed by atoms with E-state index in [0.717, 1.165) is 10.5 Å². The lowest BCUT2D eigenvalue weighted by Crippen LogP contribution is -2.66. The molecule has 1 unspecified atom stereocenters. The Morgan fingerprint density at radius 1 is 1.29 bits per heavy atom. The first-order valence-electron chi connectivity index (χ1n) is 9.61. The molecule has 8 heteroatoms. The number of hydrogen-bond donors (Lipinski definition) is 1. The summed E-state index contributed by atoms with van der Waals surface area (Å²) in [5, 5.41) is 2.66. The summed E-state index contributed by atoms with van der Waals surface area (Å²) >= 11 is 6.30. The van der Waals surface area contributed by atoms with Crippen molar-refractivity contribution < 1.29 is 18.8 Å². The highest BCUT2D eigenvalue weighted by atomic mass is 35.5. The molecule has 1 aliphatic heterocycles. The van der Waals surface area contributed by atoms with E-state index in [4.69, 9.17) is 11.6 Å². The molecule has 0 radical (unpaired) electrons. The third-order valence-corrected chi connectivity index (χ3v) is 5.47. The van der Waals surface area contributed by atoms with Crippen LogP contribution in [0.5, 0.6) is 0 Å². The van der Waals surface area contributed by atoms with Crippen molar-refractivity contribution in [2.45, 2.75) is 18.9 Å². The fourth-order valence-corrected chi connectivity index (χ4v) is 3.75. The number of nitrogens with zero attached hydrogens (tertiary/aromatic N) is 2. The number of carbonyl (C=O) groups excluding carboxylic acids is 3. The summed E-state index contributed by atoms with van der Waals surface area (Å²) in [6.45, 7) is 1.91. The highest BCUT2D eigenvalue weighted by molar-refractivity contribution is 6.34. The normalized spacial score (nSPS) is 17.9. The Morgan fingerprint density at radius 2 is 1.97 bits per heavy atom. The van der Waals surface area contributed by atoms with Crippen LogP contribution in [0.15, 0.2) is 42.5 Å². The molecule has 2 aromatic rings. The van der Waals surface area contributed by atoms with Crippen LogP contribution < -0.4 is 10.2 Å². The van der Waals surface area contributed by atoms with Crippen LogP contribution in [0.3, 0.4) is 0 Å². The van der Waals surface area contributed by atoms with Crippen molar-refractivity contribution in [3.63, 3.8) is 0 Å². The van der Waals surface area contributed by atoms with E-state index in [1.807, 2.05) is 30.3 Å². The zero-order valence-electron chi connectivity index (χ0n) is 17.1. The molecule has 31 heavy (non-hydrogen) atoms. The zero-order valence-corrected chi connectivity index (χ0v) is 17.9. The third kappa shape index (κ3) is 4.54. The van der Waals surface area contributed by atoms with Gasteiger partial charge in [-0.3, -0.25) is 9.69 Å². The first-order chi connectivity index (χ1) is 14.8. The average Bonchev–Trinajstić information content (AvgIpc) is 2.74. The van der Waals surface area contributed by atoms with Gasteiger partial charge in [-0.1, -0.05) is 41.6 Å². The number of amides is 3. The monoisotopic (exact) mass is 441 g/mol. The van der Waals surface area contributed by atoms with Crippen molar-refractivity contribution in [1.29, 1.82) is 0 Å². The fraction of sp³-hybridized carbons (Fsp3) is 0.261. The molecule has 1 aliphatic rings. The van der Waals surface area contributed by atoms with Gasteiger partial charge in [-0.25, -0.2) is 9.18 Å². The molecule has 0 aromatic heterocycles. The Hall–Kier alpha value is -3.37. The number of hydrogen-bond acceptors (Lipinski definition) is 3. The van der Waals surface area contributed by atoms with Crippen LogP contribution in [0.25, 0.3) is 0 Å². The highest BCUT2D eigenvalue weighted by Gasteiger charge is 2.45. The van der Waals surface area contributed by atoms with Crippen LogP contribution in [0.2, 0.25) is 5.02 Å². The Kier molecular flexibility index (Phi) is 6.62. The molecule has 1 saturated heterocycles. The number of anilines is 1. The number of urea groups is 1. The Bertz CT molecular complexity index is 1060. The summed E-state index contributed by atoms with van der Waals surface area (Å²) in [5.74, 6) is 4.62. The molecule has 6 nitrogen and oxygen atoms in total. The summed E-state index contributed by atoms with van der Waals surface area (Å²) in [6, 6.07) is 11.3. The van der Waals surface area contributed by atoms with Gasteiger partial charge >= 0.3 is 6.03 Å². The van der Waals surface area contributed by atoms with Crippen LogP contribution in [0.4, 0.5) is 14.9 Å². The lowest BCUT2D eigenvalue weighted by molar-refractivity contribution is -0.136.